The van der Waals surface area contributed by atoms with Crippen molar-refractivity contribution in [2.75, 3.05) is 26.2 Å². The lowest BCUT2D eigenvalue weighted by Crippen LogP contribution is -2.53. The van der Waals surface area contributed by atoms with E-state index in [0.717, 1.165) is 13.1 Å². The summed E-state index contributed by atoms with van der Waals surface area (Å²) in [6.45, 7) is 10.2. The van der Waals surface area contributed by atoms with Crippen LogP contribution in [0.2, 0.25) is 0 Å². The second-order valence-electron chi connectivity index (χ2n) is 5.55. The molecule has 0 aromatic carbocycles. The van der Waals surface area contributed by atoms with Crippen molar-refractivity contribution in [2.45, 2.75) is 51.9 Å². The van der Waals surface area contributed by atoms with E-state index in [1.807, 2.05) is 20.8 Å². The van der Waals surface area contributed by atoms with Gasteiger partial charge < -0.3 is 14.6 Å². The van der Waals surface area contributed by atoms with E-state index in [2.05, 4.69) is 4.90 Å². The number of hydrogen-bond donors (Lipinski definition) is 1. The summed E-state index contributed by atoms with van der Waals surface area (Å²) < 4.78 is 10.6. The molecule has 0 aromatic heterocycles. The number of hydrogen-bond acceptors (Lipinski definition) is 5. The molecule has 1 saturated heterocycles. The van der Waals surface area contributed by atoms with Gasteiger partial charge in [0.15, 0.2) is 0 Å². The summed E-state index contributed by atoms with van der Waals surface area (Å²) in [4.78, 5) is 13.4. The predicted octanol–water partition coefficient (Wildman–Crippen LogP) is 0.800. The maximum Gasteiger partial charge on any atom is 0.308 e. The molecule has 1 N–H and O–H groups in total. The standard InChI is InChI=1S/C13H25NO4/c1-5-17-12(16)6-11(15)8-14-7-10(2)18-13(3,4)9-14/h10-11,15H,5-9H2,1-4H3. The highest BCUT2D eigenvalue weighted by atomic mass is 16.5. The highest BCUT2D eigenvalue weighted by molar-refractivity contribution is 5.69. The molecule has 0 bridgehead atoms. The van der Waals surface area contributed by atoms with Crippen molar-refractivity contribution in [1.29, 1.82) is 0 Å². The average molecular weight is 259 g/mol. The van der Waals surface area contributed by atoms with Crippen molar-refractivity contribution in [1.82, 2.24) is 4.90 Å². The van der Waals surface area contributed by atoms with Crippen molar-refractivity contribution in [2.24, 2.45) is 0 Å². The zero-order valence-electron chi connectivity index (χ0n) is 11.8. The van der Waals surface area contributed by atoms with Gasteiger partial charge in [-0.25, -0.2) is 0 Å². The number of esters is 1. The van der Waals surface area contributed by atoms with Crippen LogP contribution in [0, 0.1) is 0 Å². The van der Waals surface area contributed by atoms with Crippen LogP contribution in [0.15, 0.2) is 0 Å². The van der Waals surface area contributed by atoms with Crippen molar-refractivity contribution < 1.29 is 19.4 Å². The minimum atomic E-state index is -0.676. The lowest BCUT2D eigenvalue weighted by molar-refractivity contribution is -0.148. The SMILES string of the molecule is CCOC(=O)CC(O)CN1CC(C)OC(C)(C)C1. The van der Waals surface area contributed by atoms with Crippen LogP contribution >= 0.6 is 0 Å². The molecule has 0 spiro atoms. The van der Waals surface area contributed by atoms with Gasteiger partial charge in [-0.1, -0.05) is 0 Å². The number of carbonyl (C=O) groups is 1. The number of carbonyl (C=O) groups excluding carboxylic acids is 1. The summed E-state index contributed by atoms with van der Waals surface area (Å²) in [5.74, 6) is -0.342. The molecule has 1 fully saturated rings. The Bertz CT molecular complexity index is 280. The van der Waals surface area contributed by atoms with Gasteiger partial charge in [0.05, 0.1) is 30.8 Å². The Morgan fingerprint density at radius 2 is 2.28 bits per heavy atom. The normalized spacial score (nSPS) is 25.7. The fraction of sp³-hybridized carbons (Fsp3) is 0.923. The number of morpholine rings is 1. The predicted molar refractivity (Wildman–Crippen MR) is 68.3 cm³/mol. The van der Waals surface area contributed by atoms with Gasteiger partial charge in [0, 0.05) is 19.6 Å². The molecule has 2 unspecified atom stereocenters. The van der Waals surface area contributed by atoms with E-state index in [1.54, 1.807) is 6.92 Å². The van der Waals surface area contributed by atoms with E-state index < -0.39 is 6.10 Å². The number of ether oxygens (including phenoxy) is 2. The Morgan fingerprint density at radius 1 is 1.61 bits per heavy atom. The molecule has 0 radical (unpaired) electrons. The van der Waals surface area contributed by atoms with Gasteiger partial charge in [-0.15, -0.1) is 0 Å². The Hall–Kier alpha value is -0.650. The van der Waals surface area contributed by atoms with Crippen molar-refractivity contribution in [3.05, 3.63) is 0 Å². The fourth-order valence-corrected chi connectivity index (χ4v) is 2.50. The lowest BCUT2D eigenvalue weighted by Gasteiger charge is -2.42. The minimum Gasteiger partial charge on any atom is -0.466 e. The van der Waals surface area contributed by atoms with Crippen molar-refractivity contribution >= 4 is 5.97 Å². The summed E-state index contributed by atoms with van der Waals surface area (Å²) >= 11 is 0. The molecule has 106 valence electrons. The number of β-amino-alcohol motifs (C(OH)–C–C–N with tert-alkyl or cyclic N) is 1. The van der Waals surface area contributed by atoms with Gasteiger partial charge in [0.1, 0.15) is 0 Å². The lowest BCUT2D eigenvalue weighted by atomic mass is 10.0. The maximum atomic E-state index is 11.3. The molecule has 2 atom stereocenters. The summed E-state index contributed by atoms with van der Waals surface area (Å²) in [5.41, 5.74) is -0.207. The molecule has 1 rings (SSSR count). The Balaban J connectivity index is 2.39. The van der Waals surface area contributed by atoms with Crippen LogP contribution in [0.4, 0.5) is 0 Å². The van der Waals surface area contributed by atoms with Crippen LogP contribution in [-0.4, -0.2) is 60.0 Å². The minimum absolute atomic E-state index is 0.0556. The highest BCUT2D eigenvalue weighted by Gasteiger charge is 2.32. The molecule has 1 aliphatic rings. The van der Waals surface area contributed by atoms with Crippen molar-refractivity contribution in [3.8, 4) is 0 Å². The van der Waals surface area contributed by atoms with Crippen LogP contribution in [0.1, 0.15) is 34.1 Å². The largest absolute Gasteiger partial charge is 0.466 e. The smallest absolute Gasteiger partial charge is 0.308 e. The first-order valence-electron chi connectivity index (χ1n) is 6.56. The first kappa shape index (κ1) is 15.4. The van der Waals surface area contributed by atoms with E-state index in [0.29, 0.717) is 13.2 Å². The summed E-state index contributed by atoms with van der Waals surface area (Å²) in [6, 6.07) is 0. The van der Waals surface area contributed by atoms with Crippen LogP contribution in [-0.2, 0) is 14.3 Å². The van der Waals surface area contributed by atoms with Crippen LogP contribution in [0.5, 0.6) is 0 Å². The van der Waals surface area contributed by atoms with Crippen LogP contribution in [0.3, 0.4) is 0 Å². The van der Waals surface area contributed by atoms with E-state index >= 15 is 0 Å². The molecular weight excluding hydrogens is 234 g/mol. The molecule has 1 aliphatic heterocycles. The van der Waals surface area contributed by atoms with Crippen molar-refractivity contribution in [3.63, 3.8) is 0 Å². The molecule has 5 heteroatoms. The van der Waals surface area contributed by atoms with Gasteiger partial charge in [-0.05, 0) is 27.7 Å². The average Bonchev–Trinajstić information content (AvgIpc) is 2.12. The molecule has 1 heterocycles. The first-order valence-corrected chi connectivity index (χ1v) is 6.56. The number of nitrogens with zero attached hydrogens (tertiary/aromatic N) is 1. The molecular formula is C13H25NO4. The third-order valence-corrected chi connectivity index (χ3v) is 2.82. The summed E-state index contributed by atoms with van der Waals surface area (Å²) in [6.07, 6.45) is -0.478. The first-order chi connectivity index (χ1) is 8.32. The van der Waals surface area contributed by atoms with E-state index in [4.69, 9.17) is 9.47 Å². The van der Waals surface area contributed by atoms with E-state index in [-0.39, 0.29) is 24.1 Å². The monoisotopic (exact) mass is 259 g/mol. The number of aliphatic hydroxyl groups is 1. The number of rotatable bonds is 5. The third kappa shape index (κ3) is 5.33. The highest BCUT2D eigenvalue weighted by Crippen LogP contribution is 2.21. The molecule has 0 amide bonds. The topological polar surface area (TPSA) is 59.0 Å². The van der Waals surface area contributed by atoms with E-state index in [1.165, 1.54) is 0 Å². The van der Waals surface area contributed by atoms with Gasteiger partial charge >= 0.3 is 5.97 Å². The summed E-state index contributed by atoms with van der Waals surface area (Å²) in [5, 5.41) is 9.87. The zero-order valence-corrected chi connectivity index (χ0v) is 11.8. The number of aliphatic hydroxyl groups excluding tert-OH is 1. The Labute approximate surface area is 109 Å². The second kappa shape index (κ2) is 6.50. The molecule has 18 heavy (non-hydrogen) atoms. The van der Waals surface area contributed by atoms with Crippen LogP contribution in [0.25, 0.3) is 0 Å². The van der Waals surface area contributed by atoms with Gasteiger partial charge in [0.2, 0.25) is 0 Å². The fourth-order valence-electron chi connectivity index (χ4n) is 2.50. The second-order valence-corrected chi connectivity index (χ2v) is 5.55. The third-order valence-electron chi connectivity index (χ3n) is 2.82. The zero-order chi connectivity index (χ0) is 13.8. The quantitative estimate of drug-likeness (QED) is 0.740. The molecule has 0 aromatic rings. The van der Waals surface area contributed by atoms with Gasteiger partial charge in [-0.3, -0.25) is 9.69 Å². The Morgan fingerprint density at radius 3 is 2.83 bits per heavy atom. The summed E-state index contributed by atoms with van der Waals surface area (Å²) in [7, 11) is 0. The van der Waals surface area contributed by atoms with Gasteiger partial charge in [0.25, 0.3) is 0 Å². The van der Waals surface area contributed by atoms with E-state index in [9.17, 15) is 9.90 Å². The molecule has 0 aliphatic carbocycles. The van der Waals surface area contributed by atoms with Gasteiger partial charge in [-0.2, -0.15) is 0 Å². The maximum absolute atomic E-state index is 11.3. The van der Waals surface area contributed by atoms with Crippen LogP contribution < -0.4 is 0 Å². The Kier molecular flexibility index (Phi) is 5.56. The molecule has 0 saturated carbocycles. The molecule has 5 nitrogen and oxygen atoms in total.